The summed E-state index contributed by atoms with van der Waals surface area (Å²) in [5.41, 5.74) is 8.29. The highest BCUT2D eigenvalue weighted by atomic mass is 14.6. The van der Waals surface area contributed by atoms with Crippen molar-refractivity contribution in [1.29, 1.82) is 5.26 Å². The van der Waals surface area contributed by atoms with Gasteiger partial charge in [-0.25, -0.2) is 0 Å². The van der Waals surface area contributed by atoms with Gasteiger partial charge in [0.25, 0.3) is 0 Å². The smallest absolute Gasteiger partial charge is 0.101 e. The van der Waals surface area contributed by atoms with Crippen molar-refractivity contribution >= 4 is 17.8 Å². The van der Waals surface area contributed by atoms with Gasteiger partial charge in [0.15, 0.2) is 0 Å². The highest BCUT2D eigenvalue weighted by Crippen LogP contribution is 2.21. The summed E-state index contributed by atoms with van der Waals surface area (Å²) in [5, 5.41) is 8.76. The van der Waals surface area contributed by atoms with Gasteiger partial charge in [-0.05, 0) is 23.3 Å². The van der Waals surface area contributed by atoms with Crippen LogP contribution in [0.5, 0.6) is 0 Å². The molecule has 0 spiro atoms. The van der Waals surface area contributed by atoms with Gasteiger partial charge in [0.2, 0.25) is 0 Å². The first-order valence-corrected chi connectivity index (χ1v) is 3.81. The minimum atomic E-state index is 0.465. The van der Waals surface area contributed by atoms with Gasteiger partial charge in [-0.1, -0.05) is 25.3 Å². The number of nitrogen functional groups attached to an aromatic ring is 1. The molecule has 1 rings (SSSR count). The first-order valence-electron chi connectivity index (χ1n) is 3.81. The number of hydrogen-bond donors (Lipinski definition) is 1. The summed E-state index contributed by atoms with van der Waals surface area (Å²) in [5.74, 6) is 0. The molecule has 0 unspecified atom stereocenters. The van der Waals surface area contributed by atoms with Gasteiger partial charge < -0.3 is 5.73 Å². The van der Waals surface area contributed by atoms with E-state index in [-0.39, 0.29) is 0 Å². The number of nitrogens with zero attached hydrogens (tertiary/aromatic N) is 1. The first kappa shape index (κ1) is 9.08. The first-order chi connectivity index (χ1) is 6.22. The van der Waals surface area contributed by atoms with E-state index in [2.05, 4.69) is 13.2 Å². The predicted molar refractivity (Wildman–Crippen MR) is 55.8 cm³/mol. The van der Waals surface area contributed by atoms with Crippen molar-refractivity contribution < 1.29 is 0 Å². The second-order valence-electron chi connectivity index (χ2n) is 2.59. The average Bonchev–Trinajstić information content (AvgIpc) is 2.18. The second kappa shape index (κ2) is 3.59. The zero-order valence-electron chi connectivity index (χ0n) is 7.25. The van der Waals surface area contributed by atoms with Crippen molar-refractivity contribution in [1.82, 2.24) is 0 Å². The Labute approximate surface area is 77.6 Å². The molecule has 13 heavy (non-hydrogen) atoms. The molecule has 0 saturated carbocycles. The highest BCUT2D eigenvalue weighted by Gasteiger charge is 2.03. The minimum Gasteiger partial charge on any atom is -0.397 e. The SMILES string of the molecule is C=Cc1cc(C#N)c(N)c(C=C)c1. The van der Waals surface area contributed by atoms with E-state index in [0.29, 0.717) is 11.3 Å². The molecule has 0 radical (unpaired) electrons. The standard InChI is InChI=1S/C11H10N2/c1-3-8-5-9(4-2)11(13)10(6-8)7-12/h3-6H,1-2,13H2. The Morgan fingerprint density at radius 3 is 2.46 bits per heavy atom. The van der Waals surface area contributed by atoms with Gasteiger partial charge in [0.1, 0.15) is 6.07 Å². The van der Waals surface area contributed by atoms with Crippen LogP contribution in [-0.2, 0) is 0 Å². The van der Waals surface area contributed by atoms with E-state index in [1.165, 1.54) is 0 Å². The Balaban J connectivity index is 3.47. The third kappa shape index (κ3) is 1.60. The van der Waals surface area contributed by atoms with Crippen LogP contribution in [-0.4, -0.2) is 0 Å². The van der Waals surface area contributed by atoms with Crippen LogP contribution in [0.4, 0.5) is 5.69 Å². The third-order valence-electron chi connectivity index (χ3n) is 1.81. The molecule has 1 aromatic rings. The zero-order valence-corrected chi connectivity index (χ0v) is 7.25. The molecule has 0 aromatic heterocycles. The van der Waals surface area contributed by atoms with Gasteiger partial charge in [-0.3, -0.25) is 0 Å². The topological polar surface area (TPSA) is 49.8 Å². The molecule has 0 aliphatic rings. The maximum absolute atomic E-state index is 8.76. The summed E-state index contributed by atoms with van der Waals surface area (Å²) in [6, 6.07) is 5.57. The summed E-state index contributed by atoms with van der Waals surface area (Å²) in [4.78, 5) is 0. The van der Waals surface area contributed by atoms with Crippen LogP contribution in [0, 0.1) is 11.3 Å². The van der Waals surface area contributed by atoms with E-state index in [1.807, 2.05) is 12.1 Å². The van der Waals surface area contributed by atoms with E-state index >= 15 is 0 Å². The van der Waals surface area contributed by atoms with Crippen LogP contribution in [0.15, 0.2) is 25.3 Å². The number of nitrogens with two attached hydrogens (primary N) is 1. The number of benzene rings is 1. The van der Waals surface area contributed by atoms with Crippen molar-refractivity contribution in [3.05, 3.63) is 42.0 Å². The molecule has 0 saturated heterocycles. The third-order valence-corrected chi connectivity index (χ3v) is 1.81. The summed E-state index contributed by atoms with van der Waals surface area (Å²) < 4.78 is 0. The van der Waals surface area contributed by atoms with Gasteiger partial charge in [0, 0.05) is 0 Å². The lowest BCUT2D eigenvalue weighted by Crippen LogP contribution is -1.94. The van der Waals surface area contributed by atoms with Crippen LogP contribution in [0.25, 0.3) is 12.2 Å². The minimum absolute atomic E-state index is 0.465. The van der Waals surface area contributed by atoms with Crippen molar-refractivity contribution in [2.45, 2.75) is 0 Å². The van der Waals surface area contributed by atoms with E-state index < -0.39 is 0 Å². The van der Waals surface area contributed by atoms with Gasteiger partial charge in [-0.15, -0.1) is 0 Å². The summed E-state index contributed by atoms with van der Waals surface area (Å²) in [7, 11) is 0. The molecule has 2 N–H and O–H groups in total. The molecular weight excluding hydrogens is 160 g/mol. The molecule has 0 bridgehead atoms. The quantitative estimate of drug-likeness (QED) is 0.693. The van der Waals surface area contributed by atoms with Gasteiger partial charge >= 0.3 is 0 Å². The Morgan fingerprint density at radius 2 is 2.00 bits per heavy atom. The molecule has 64 valence electrons. The molecule has 0 aliphatic carbocycles. The summed E-state index contributed by atoms with van der Waals surface area (Å²) >= 11 is 0. The molecule has 0 heterocycles. The van der Waals surface area contributed by atoms with Crippen LogP contribution >= 0.6 is 0 Å². The van der Waals surface area contributed by atoms with Crippen LogP contribution in [0.3, 0.4) is 0 Å². The fourth-order valence-corrected chi connectivity index (χ4v) is 1.08. The van der Waals surface area contributed by atoms with E-state index in [0.717, 1.165) is 11.1 Å². The number of anilines is 1. The van der Waals surface area contributed by atoms with Crippen LogP contribution in [0.2, 0.25) is 0 Å². The lowest BCUT2D eigenvalue weighted by Gasteiger charge is -2.04. The number of rotatable bonds is 2. The average molecular weight is 170 g/mol. The predicted octanol–water partition coefficient (Wildman–Crippen LogP) is 2.43. The Morgan fingerprint density at radius 1 is 1.31 bits per heavy atom. The maximum Gasteiger partial charge on any atom is 0.101 e. The fraction of sp³-hybridized carbons (Fsp3) is 0. The molecule has 0 atom stereocenters. The van der Waals surface area contributed by atoms with E-state index in [9.17, 15) is 0 Å². The lowest BCUT2D eigenvalue weighted by molar-refractivity contribution is 1.47. The molecule has 1 aromatic carbocycles. The van der Waals surface area contributed by atoms with Crippen LogP contribution in [0.1, 0.15) is 16.7 Å². The van der Waals surface area contributed by atoms with Gasteiger partial charge in [0.05, 0.1) is 11.3 Å². The molecule has 2 heteroatoms. The van der Waals surface area contributed by atoms with Gasteiger partial charge in [-0.2, -0.15) is 5.26 Å². The Kier molecular flexibility index (Phi) is 2.51. The van der Waals surface area contributed by atoms with Crippen molar-refractivity contribution in [3.8, 4) is 6.07 Å². The van der Waals surface area contributed by atoms with Crippen molar-refractivity contribution in [2.24, 2.45) is 0 Å². The highest BCUT2D eigenvalue weighted by molar-refractivity contribution is 5.73. The summed E-state index contributed by atoms with van der Waals surface area (Å²) in [6.45, 7) is 7.25. The Bertz CT molecular complexity index is 397. The number of nitriles is 1. The largest absolute Gasteiger partial charge is 0.397 e. The van der Waals surface area contributed by atoms with Crippen LogP contribution < -0.4 is 5.73 Å². The lowest BCUT2D eigenvalue weighted by atomic mass is 10.0. The molecule has 0 amide bonds. The summed E-state index contributed by atoms with van der Waals surface area (Å²) in [6.07, 6.45) is 3.30. The molecule has 2 nitrogen and oxygen atoms in total. The van der Waals surface area contributed by atoms with Crippen molar-refractivity contribution in [2.75, 3.05) is 5.73 Å². The van der Waals surface area contributed by atoms with Crippen molar-refractivity contribution in [3.63, 3.8) is 0 Å². The molecular formula is C11H10N2. The Hall–Kier alpha value is -2.01. The monoisotopic (exact) mass is 170 g/mol. The molecule has 0 aliphatic heterocycles. The number of hydrogen-bond acceptors (Lipinski definition) is 2. The second-order valence-corrected chi connectivity index (χ2v) is 2.59. The maximum atomic E-state index is 8.76. The fourth-order valence-electron chi connectivity index (χ4n) is 1.08. The molecule has 0 fully saturated rings. The zero-order chi connectivity index (χ0) is 9.84. The normalized spacial score (nSPS) is 8.85. The van der Waals surface area contributed by atoms with E-state index in [4.69, 9.17) is 11.0 Å². The van der Waals surface area contributed by atoms with E-state index in [1.54, 1.807) is 18.2 Å².